The molecule has 9 heteroatoms. The SMILES string of the molecule is CCC(CS(=O)(=O)C1CC1)N1C(=O)[C@@](C)(CC(=O)O)C[C@H](c2cccc(Cl)c2)[C@H]1c1ccc(Cl)cc1. The van der Waals surface area contributed by atoms with Gasteiger partial charge in [-0.15, -0.1) is 0 Å². The standard InChI is InChI=1S/C27H31Cl2NO5S/c1-3-21(16-36(34,35)22-11-12-22)30-25(17-7-9-19(28)10-8-17)23(18-5-4-6-20(29)13-18)14-27(2,26(30)33)15-24(31)32/h4-10,13,21-23,25H,3,11-12,14-16H2,1-2H3,(H,31,32)/t21?,23-,25-,27-/m1/s1. The summed E-state index contributed by atoms with van der Waals surface area (Å²) in [6, 6.07) is 13.5. The Hall–Kier alpha value is -2.09. The Kier molecular flexibility index (Phi) is 7.75. The van der Waals surface area contributed by atoms with Gasteiger partial charge in [0.1, 0.15) is 0 Å². The fourth-order valence-electron chi connectivity index (χ4n) is 5.51. The number of carbonyl (C=O) groups excluding carboxylic acids is 1. The molecule has 1 unspecified atom stereocenters. The predicted molar refractivity (Wildman–Crippen MR) is 141 cm³/mol. The number of sulfone groups is 1. The molecule has 0 aromatic heterocycles. The molecule has 1 aliphatic heterocycles. The highest BCUT2D eigenvalue weighted by atomic mass is 35.5. The monoisotopic (exact) mass is 551 g/mol. The van der Waals surface area contributed by atoms with E-state index in [0.717, 1.165) is 11.1 Å². The van der Waals surface area contributed by atoms with Gasteiger partial charge in [0.2, 0.25) is 5.91 Å². The molecule has 1 saturated carbocycles. The van der Waals surface area contributed by atoms with Crippen molar-refractivity contribution in [3.8, 4) is 0 Å². The number of carboxylic acid groups (broad SMARTS) is 1. The van der Waals surface area contributed by atoms with Crippen LogP contribution in [0.3, 0.4) is 0 Å². The molecule has 36 heavy (non-hydrogen) atoms. The minimum Gasteiger partial charge on any atom is -0.481 e. The van der Waals surface area contributed by atoms with Crippen LogP contribution in [-0.2, 0) is 19.4 Å². The molecule has 194 valence electrons. The molecular formula is C27H31Cl2NO5S. The third-order valence-electron chi connectivity index (χ3n) is 7.45. The molecule has 1 N–H and O–H groups in total. The lowest BCUT2D eigenvalue weighted by atomic mass is 9.67. The van der Waals surface area contributed by atoms with Gasteiger partial charge < -0.3 is 10.0 Å². The Morgan fingerprint density at radius 2 is 1.78 bits per heavy atom. The largest absolute Gasteiger partial charge is 0.481 e. The van der Waals surface area contributed by atoms with E-state index in [2.05, 4.69) is 0 Å². The quantitative estimate of drug-likeness (QED) is 0.419. The summed E-state index contributed by atoms with van der Waals surface area (Å²) in [6.45, 7) is 3.55. The maximum absolute atomic E-state index is 14.2. The molecule has 0 spiro atoms. The van der Waals surface area contributed by atoms with Gasteiger partial charge in [0.25, 0.3) is 0 Å². The number of carbonyl (C=O) groups is 2. The number of hydrogen-bond donors (Lipinski definition) is 1. The van der Waals surface area contributed by atoms with Gasteiger partial charge in [0.05, 0.1) is 28.9 Å². The summed E-state index contributed by atoms with van der Waals surface area (Å²) in [7, 11) is -3.39. The van der Waals surface area contributed by atoms with Gasteiger partial charge in [-0.05, 0) is 61.1 Å². The lowest BCUT2D eigenvalue weighted by Gasteiger charge is -2.51. The van der Waals surface area contributed by atoms with Crippen LogP contribution in [0.25, 0.3) is 0 Å². The third kappa shape index (κ3) is 5.58. The molecule has 2 fully saturated rings. The molecular weight excluding hydrogens is 521 g/mol. The van der Waals surface area contributed by atoms with Crippen LogP contribution in [0.15, 0.2) is 48.5 Å². The Morgan fingerprint density at radius 3 is 2.33 bits per heavy atom. The number of piperidine rings is 1. The number of halogens is 2. The van der Waals surface area contributed by atoms with Gasteiger partial charge >= 0.3 is 5.97 Å². The van der Waals surface area contributed by atoms with E-state index in [1.54, 1.807) is 30.0 Å². The van der Waals surface area contributed by atoms with Crippen molar-refractivity contribution in [3.05, 3.63) is 69.7 Å². The van der Waals surface area contributed by atoms with Crippen molar-refractivity contribution in [1.82, 2.24) is 4.90 Å². The maximum Gasteiger partial charge on any atom is 0.304 e. The van der Waals surface area contributed by atoms with Crippen LogP contribution < -0.4 is 0 Å². The van der Waals surface area contributed by atoms with Crippen LogP contribution in [0, 0.1) is 5.41 Å². The van der Waals surface area contributed by atoms with Crippen molar-refractivity contribution < 1.29 is 23.1 Å². The van der Waals surface area contributed by atoms with E-state index >= 15 is 0 Å². The first-order valence-electron chi connectivity index (χ1n) is 12.2. The Labute approximate surface area is 222 Å². The van der Waals surface area contributed by atoms with Crippen molar-refractivity contribution >= 4 is 44.9 Å². The molecule has 6 nitrogen and oxygen atoms in total. The van der Waals surface area contributed by atoms with E-state index in [4.69, 9.17) is 23.2 Å². The second-order valence-corrected chi connectivity index (χ2v) is 13.5. The molecule has 1 saturated heterocycles. The van der Waals surface area contributed by atoms with Gasteiger partial charge in [0.15, 0.2) is 9.84 Å². The number of likely N-dealkylation sites (tertiary alicyclic amines) is 1. The first kappa shape index (κ1) is 27.0. The number of amides is 1. The molecule has 1 amide bonds. The number of benzene rings is 2. The molecule has 0 radical (unpaired) electrons. The minimum atomic E-state index is -3.39. The van der Waals surface area contributed by atoms with Crippen LogP contribution in [0.5, 0.6) is 0 Å². The number of hydrogen-bond acceptors (Lipinski definition) is 4. The molecule has 1 heterocycles. The second kappa shape index (κ2) is 10.3. The van der Waals surface area contributed by atoms with Gasteiger partial charge in [0, 0.05) is 22.0 Å². The van der Waals surface area contributed by atoms with E-state index < -0.39 is 33.3 Å². The van der Waals surface area contributed by atoms with Crippen LogP contribution in [0.2, 0.25) is 10.0 Å². The highest BCUT2D eigenvalue weighted by Crippen LogP contribution is 2.52. The molecule has 4 rings (SSSR count). The van der Waals surface area contributed by atoms with Crippen molar-refractivity contribution in [2.45, 2.75) is 69.2 Å². The topological polar surface area (TPSA) is 91.8 Å². The molecule has 2 aliphatic rings. The van der Waals surface area contributed by atoms with E-state index in [-0.39, 0.29) is 35.7 Å². The summed E-state index contributed by atoms with van der Waals surface area (Å²) < 4.78 is 26.1. The Balaban J connectivity index is 1.89. The summed E-state index contributed by atoms with van der Waals surface area (Å²) in [5.41, 5.74) is 0.479. The summed E-state index contributed by atoms with van der Waals surface area (Å²) in [4.78, 5) is 27.7. The third-order valence-corrected chi connectivity index (χ3v) is 10.3. The molecule has 4 atom stereocenters. The fourth-order valence-corrected chi connectivity index (χ4v) is 7.89. The van der Waals surface area contributed by atoms with E-state index in [9.17, 15) is 23.1 Å². The predicted octanol–water partition coefficient (Wildman–Crippen LogP) is 5.89. The molecule has 0 bridgehead atoms. The molecule has 2 aromatic rings. The van der Waals surface area contributed by atoms with Gasteiger partial charge in [-0.25, -0.2) is 8.42 Å². The van der Waals surface area contributed by atoms with Crippen LogP contribution in [0.1, 0.15) is 69.0 Å². The fraction of sp³-hybridized carbons (Fsp3) is 0.481. The van der Waals surface area contributed by atoms with Crippen molar-refractivity contribution in [2.24, 2.45) is 5.41 Å². The first-order chi connectivity index (χ1) is 16.9. The zero-order chi connectivity index (χ0) is 26.3. The first-order valence-corrected chi connectivity index (χ1v) is 14.7. The van der Waals surface area contributed by atoms with Crippen molar-refractivity contribution in [2.75, 3.05) is 5.75 Å². The van der Waals surface area contributed by atoms with E-state index in [1.807, 2.05) is 37.3 Å². The number of nitrogens with zero attached hydrogens (tertiary/aromatic N) is 1. The normalized spacial score (nSPS) is 25.6. The maximum atomic E-state index is 14.2. The van der Waals surface area contributed by atoms with Crippen LogP contribution in [-0.4, -0.2) is 47.3 Å². The number of rotatable bonds is 9. The smallest absolute Gasteiger partial charge is 0.304 e. The van der Waals surface area contributed by atoms with Crippen LogP contribution >= 0.6 is 23.2 Å². The summed E-state index contributed by atoms with van der Waals surface area (Å²) in [5, 5.41) is 10.4. The summed E-state index contributed by atoms with van der Waals surface area (Å²) in [5.74, 6) is -1.85. The highest BCUT2D eigenvalue weighted by molar-refractivity contribution is 7.92. The summed E-state index contributed by atoms with van der Waals surface area (Å²) in [6.07, 6.45) is 1.66. The summed E-state index contributed by atoms with van der Waals surface area (Å²) >= 11 is 12.5. The minimum absolute atomic E-state index is 0.143. The average Bonchev–Trinajstić information content (AvgIpc) is 3.66. The molecule has 2 aromatic carbocycles. The van der Waals surface area contributed by atoms with Gasteiger partial charge in [-0.1, -0.05) is 61.3 Å². The number of aliphatic carboxylic acids is 1. The zero-order valence-corrected chi connectivity index (χ0v) is 22.7. The highest BCUT2D eigenvalue weighted by Gasteiger charge is 2.53. The van der Waals surface area contributed by atoms with Crippen molar-refractivity contribution in [3.63, 3.8) is 0 Å². The molecule has 1 aliphatic carbocycles. The van der Waals surface area contributed by atoms with Crippen molar-refractivity contribution in [1.29, 1.82) is 0 Å². The lowest BCUT2D eigenvalue weighted by Crippen LogP contribution is -2.57. The van der Waals surface area contributed by atoms with E-state index in [0.29, 0.717) is 29.3 Å². The number of carboxylic acids is 1. The Bertz CT molecular complexity index is 1250. The Morgan fingerprint density at radius 1 is 1.11 bits per heavy atom. The second-order valence-electron chi connectivity index (χ2n) is 10.3. The van der Waals surface area contributed by atoms with E-state index in [1.165, 1.54) is 0 Å². The van der Waals surface area contributed by atoms with Gasteiger partial charge in [-0.2, -0.15) is 0 Å². The average molecular weight is 553 g/mol. The van der Waals surface area contributed by atoms with Crippen LogP contribution in [0.4, 0.5) is 0 Å². The lowest BCUT2D eigenvalue weighted by molar-refractivity contribution is -0.160. The van der Waals surface area contributed by atoms with Gasteiger partial charge in [-0.3, -0.25) is 9.59 Å². The zero-order valence-electron chi connectivity index (χ0n) is 20.4.